The Morgan fingerprint density at radius 2 is 2.00 bits per heavy atom. The summed E-state index contributed by atoms with van der Waals surface area (Å²) in [5, 5.41) is 3.41. The zero-order valence-corrected chi connectivity index (χ0v) is 12.7. The number of primary amides is 1. The first-order chi connectivity index (χ1) is 9.31. The van der Waals surface area contributed by atoms with Crippen LogP contribution in [0.15, 0.2) is 18.2 Å². The zero-order valence-electron chi connectivity index (χ0n) is 12.7. The lowest BCUT2D eigenvalue weighted by atomic mass is 10.1. The maximum absolute atomic E-state index is 10.7. The minimum atomic E-state index is -0.380. The molecule has 5 nitrogen and oxygen atoms in total. The van der Waals surface area contributed by atoms with Gasteiger partial charge in [-0.3, -0.25) is 4.79 Å². The van der Waals surface area contributed by atoms with E-state index in [-0.39, 0.29) is 24.5 Å². The van der Waals surface area contributed by atoms with Gasteiger partial charge in [0, 0.05) is 12.1 Å². The molecule has 0 heterocycles. The molecule has 0 aromatic heterocycles. The number of benzene rings is 1. The fourth-order valence-electron chi connectivity index (χ4n) is 1.57. The van der Waals surface area contributed by atoms with E-state index in [1.54, 1.807) is 7.11 Å². The standard InChI is InChI=1S/C15H24N2O3/c1-15(2,3)17-10-11-5-6-12(19-4)13(9-11)20-8-7-14(16)18/h5-6,9,17H,7-8,10H2,1-4H3,(H2,16,18). The van der Waals surface area contributed by atoms with Crippen LogP contribution in [-0.4, -0.2) is 25.2 Å². The lowest BCUT2D eigenvalue weighted by Gasteiger charge is -2.21. The monoisotopic (exact) mass is 280 g/mol. The molecule has 5 heteroatoms. The van der Waals surface area contributed by atoms with E-state index in [1.807, 2.05) is 18.2 Å². The molecule has 1 amide bonds. The third-order valence-electron chi connectivity index (χ3n) is 2.66. The number of methoxy groups -OCH3 is 1. The van der Waals surface area contributed by atoms with E-state index in [4.69, 9.17) is 15.2 Å². The van der Waals surface area contributed by atoms with Crippen molar-refractivity contribution in [2.75, 3.05) is 13.7 Å². The maximum atomic E-state index is 10.7. The smallest absolute Gasteiger partial charge is 0.220 e. The molecule has 1 rings (SSSR count). The van der Waals surface area contributed by atoms with Crippen LogP contribution in [-0.2, 0) is 11.3 Å². The minimum absolute atomic E-state index is 0.0485. The number of nitrogens with one attached hydrogen (secondary N) is 1. The number of carbonyl (C=O) groups is 1. The highest BCUT2D eigenvalue weighted by Crippen LogP contribution is 2.28. The highest BCUT2D eigenvalue weighted by Gasteiger charge is 2.11. The normalized spacial score (nSPS) is 11.2. The molecule has 0 saturated carbocycles. The van der Waals surface area contributed by atoms with E-state index in [0.29, 0.717) is 11.5 Å². The van der Waals surface area contributed by atoms with Crippen LogP contribution in [0.5, 0.6) is 11.5 Å². The van der Waals surface area contributed by atoms with Gasteiger partial charge in [-0.05, 0) is 38.5 Å². The fraction of sp³-hybridized carbons (Fsp3) is 0.533. The SMILES string of the molecule is COc1ccc(CNC(C)(C)C)cc1OCCC(N)=O. The van der Waals surface area contributed by atoms with Crippen molar-refractivity contribution in [1.82, 2.24) is 5.32 Å². The second kappa shape index (κ2) is 7.14. The van der Waals surface area contributed by atoms with Gasteiger partial charge in [0.2, 0.25) is 5.91 Å². The number of hydrogen-bond donors (Lipinski definition) is 2. The number of rotatable bonds is 7. The minimum Gasteiger partial charge on any atom is -0.493 e. The Balaban J connectivity index is 2.72. The summed E-state index contributed by atoms with van der Waals surface area (Å²) in [6, 6.07) is 5.76. The quantitative estimate of drug-likeness (QED) is 0.799. The fourth-order valence-corrected chi connectivity index (χ4v) is 1.57. The van der Waals surface area contributed by atoms with Gasteiger partial charge in [-0.25, -0.2) is 0 Å². The molecule has 0 unspecified atom stereocenters. The Morgan fingerprint density at radius 1 is 1.30 bits per heavy atom. The van der Waals surface area contributed by atoms with Crippen LogP contribution >= 0.6 is 0 Å². The summed E-state index contributed by atoms with van der Waals surface area (Å²) in [5.41, 5.74) is 6.23. The molecule has 1 aromatic carbocycles. The molecule has 0 atom stereocenters. The molecule has 0 aliphatic heterocycles. The van der Waals surface area contributed by atoms with Crippen molar-refractivity contribution in [2.24, 2.45) is 5.73 Å². The van der Waals surface area contributed by atoms with Gasteiger partial charge in [-0.2, -0.15) is 0 Å². The second-order valence-corrected chi connectivity index (χ2v) is 5.65. The first-order valence-corrected chi connectivity index (χ1v) is 6.65. The Morgan fingerprint density at radius 3 is 2.55 bits per heavy atom. The molecule has 0 aliphatic carbocycles. The molecule has 0 spiro atoms. The molecule has 3 N–H and O–H groups in total. The van der Waals surface area contributed by atoms with Crippen LogP contribution < -0.4 is 20.5 Å². The average molecular weight is 280 g/mol. The van der Waals surface area contributed by atoms with Gasteiger partial charge in [0.1, 0.15) is 0 Å². The molecule has 0 aliphatic rings. The predicted octanol–water partition coefficient (Wildman–Crippen LogP) is 1.84. The van der Waals surface area contributed by atoms with Crippen LogP contribution in [0.1, 0.15) is 32.8 Å². The van der Waals surface area contributed by atoms with E-state index in [9.17, 15) is 4.79 Å². The Bertz CT molecular complexity index is 453. The Labute approximate surface area is 120 Å². The predicted molar refractivity (Wildman–Crippen MR) is 78.9 cm³/mol. The number of carbonyl (C=O) groups excluding carboxylic acids is 1. The number of nitrogens with two attached hydrogens (primary N) is 1. The van der Waals surface area contributed by atoms with Gasteiger partial charge in [0.05, 0.1) is 20.1 Å². The lowest BCUT2D eigenvalue weighted by Crippen LogP contribution is -2.35. The summed E-state index contributed by atoms with van der Waals surface area (Å²) in [6.45, 7) is 7.32. The van der Waals surface area contributed by atoms with Gasteiger partial charge in [-0.15, -0.1) is 0 Å². The summed E-state index contributed by atoms with van der Waals surface area (Å²) in [6.07, 6.45) is 0.188. The molecule has 20 heavy (non-hydrogen) atoms. The Hall–Kier alpha value is -1.75. The van der Waals surface area contributed by atoms with Gasteiger partial charge in [0.25, 0.3) is 0 Å². The summed E-state index contributed by atoms with van der Waals surface area (Å²) in [4.78, 5) is 10.7. The molecule has 0 bridgehead atoms. The van der Waals surface area contributed by atoms with Crippen molar-refractivity contribution < 1.29 is 14.3 Å². The topological polar surface area (TPSA) is 73.6 Å². The van der Waals surface area contributed by atoms with E-state index in [1.165, 1.54) is 0 Å². The van der Waals surface area contributed by atoms with Crippen molar-refractivity contribution in [3.8, 4) is 11.5 Å². The number of ether oxygens (including phenoxy) is 2. The van der Waals surface area contributed by atoms with Crippen molar-refractivity contribution in [2.45, 2.75) is 39.3 Å². The van der Waals surface area contributed by atoms with E-state index in [0.717, 1.165) is 12.1 Å². The van der Waals surface area contributed by atoms with Gasteiger partial charge < -0.3 is 20.5 Å². The molecular formula is C15H24N2O3. The molecular weight excluding hydrogens is 256 g/mol. The summed E-state index contributed by atoms with van der Waals surface area (Å²) >= 11 is 0. The molecule has 112 valence electrons. The van der Waals surface area contributed by atoms with Crippen molar-refractivity contribution in [3.05, 3.63) is 23.8 Å². The summed E-state index contributed by atoms with van der Waals surface area (Å²) < 4.78 is 10.8. The Kier molecular flexibility index (Phi) is 5.82. The summed E-state index contributed by atoms with van der Waals surface area (Å²) in [7, 11) is 1.59. The van der Waals surface area contributed by atoms with E-state index < -0.39 is 0 Å². The third kappa shape index (κ3) is 5.93. The summed E-state index contributed by atoms with van der Waals surface area (Å²) in [5.74, 6) is 0.894. The van der Waals surface area contributed by atoms with E-state index >= 15 is 0 Å². The van der Waals surface area contributed by atoms with Crippen LogP contribution in [0.2, 0.25) is 0 Å². The number of hydrogen-bond acceptors (Lipinski definition) is 4. The second-order valence-electron chi connectivity index (χ2n) is 5.65. The molecule has 0 radical (unpaired) electrons. The van der Waals surface area contributed by atoms with Gasteiger partial charge in [-0.1, -0.05) is 6.07 Å². The third-order valence-corrected chi connectivity index (χ3v) is 2.66. The van der Waals surface area contributed by atoms with Crippen molar-refractivity contribution in [3.63, 3.8) is 0 Å². The van der Waals surface area contributed by atoms with Crippen LogP contribution in [0.4, 0.5) is 0 Å². The highest BCUT2D eigenvalue weighted by molar-refractivity contribution is 5.73. The van der Waals surface area contributed by atoms with Crippen molar-refractivity contribution >= 4 is 5.91 Å². The van der Waals surface area contributed by atoms with Gasteiger partial charge >= 0.3 is 0 Å². The molecule has 1 aromatic rings. The highest BCUT2D eigenvalue weighted by atomic mass is 16.5. The van der Waals surface area contributed by atoms with Crippen LogP contribution in [0.3, 0.4) is 0 Å². The van der Waals surface area contributed by atoms with Crippen LogP contribution in [0.25, 0.3) is 0 Å². The molecule has 0 saturated heterocycles. The average Bonchev–Trinajstić information content (AvgIpc) is 2.35. The lowest BCUT2D eigenvalue weighted by molar-refractivity contribution is -0.118. The molecule has 0 fully saturated rings. The zero-order chi connectivity index (χ0) is 15.2. The first kappa shape index (κ1) is 16.3. The number of amides is 1. The van der Waals surface area contributed by atoms with Crippen molar-refractivity contribution in [1.29, 1.82) is 0 Å². The van der Waals surface area contributed by atoms with Gasteiger partial charge in [0.15, 0.2) is 11.5 Å². The van der Waals surface area contributed by atoms with Crippen LogP contribution in [0, 0.1) is 0 Å². The largest absolute Gasteiger partial charge is 0.493 e. The van der Waals surface area contributed by atoms with E-state index in [2.05, 4.69) is 26.1 Å². The maximum Gasteiger partial charge on any atom is 0.220 e. The first-order valence-electron chi connectivity index (χ1n) is 6.65.